The second-order valence-corrected chi connectivity index (χ2v) is 23.3. The number of aromatic amines is 1. The highest BCUT2D eigenvalue weighted by Crippen LogP contribution is 2.44. The van der Waals surface area contributed by atoms with Crippen molar-refractivity contribution in [2.24, 2.45) is 0 Å². The van der Waals surface area contributed by atoms with Gasteiger partial charge in [-0.2, -0.15) is 0 Å². The Morgan fingerprint density at radius 3 is 1.35 bits per heavy atom. The fourth-order valence-electron chi connectivity index (χ4n) is 10.9. The topological polar surface area (TPSA) is 184 Å². The van der Waals surface area contributed by atoms with E-state index in [1.165, 1.54) is 170 Å². The number of H-pyrrole nitrogens is 1. The quantitative estimate of drug-likeness (QED) is 0.0284. The van der Waals surface area contributed by atoms with E-state index in [0.29, 0.717) is 45.7 Å². The van der Waals surface area contributed by atoms with Gasteiger partial charge in [0.2, 0.25) is 0 Å². The number of hydrogen-bond acceptors (Lipinski definition) is 8. The first-order valence-electron chi connectivity index (χ1n) is 30.6. The molecule has 0 unspecified atom stereocenters. The highest BCUT2D eigenvalue weighted by Gasteiger charge is 2.43. The predicted molar refractivity (Wildman–Crippen MR) is 318 cm³/mol. The lowest BCUT2D eigenvalue weighted by atomic mass is 9.67. The zero-order chi connectivity index (χ0) is 56.1. The van der Waals surface area contributed by atoms with Gasteiger partial charge in [0.15, 0.2) is 0 Å². The fraction of sp³-hybridized carbons (Fsp3) is 0.683. The SMILES string of the molecule is CCCCCCCCCCCCCCCCOCCCn1c(=O)c(C(CCCOCCCCCCCCCCCCCCCC)(c2ccccc2)c2ccccc2)c(-n2cc(C)c(=O)[nH]c2=O)n(CCOCP(=O)(O)O)c1=O. The number of hydrogen-bond donors (Lipinski definition) is 3. The molecule has 2 aromatic carbocycles. The van der Waals surface area contributed by atoms with Gasteiger partial charge in [-0.1, -0.05) is 241 Å². The Hall–Kier alpha value is -4.17. The highest BCUT2D eigenvalue weighted by atomic mass is 31.2. The zero-order valence-corrected chi connectivity index (χ0v) is 49.3. The van der Waals surface area contributed by atoms with Gasteiger partial charge in [-0.3, -0.25) is 32.8 Å². The lowest BCUT2D eigenvalue weighted by Gasteiger charge is -2.38. The Balaban J connectivity index is 1.57. The number of aromatic nitrogens is 4. The first-order chi connectivity index (χ1) is 38.0. The minimum atomic E-state index is -4.59. The molecule has 15 heteroatoms. The van der Waals surface area contributed by atoms with Gasteiger partial charge in [0.05, 0.1) is 24.1 Å². The Morgan fingerprint density at radius 2 is 0.910 bits per heavy atom. The molecule has 0 spiro atoms. The van der Waals surface area contributed by atoms with Crippen molar-refractivity contribution in [2.75, 3.05) is 39.4 Å². The van der Waals surface area contributed by atoms with E-state index in [1.54, 1.807) is 0 Å². The van der Waals surface area contributed by atoms with Crippen LogP contribution < -0.4 is 22.5 Å². The maximum atomic E-state index is 15.8. The summed E-state index contributed by atoms with van der Waals surface area (Å²) in [4.78, 5) is 79.7. The molecule has 14 nitrogen and oxygen atoms in total. The molecule has 0 radical (unpaired) electrons. The number of unbranched alkanes of at least 4 members (excludes halogenated alkanes) is 26. The van der Waals surface area contributed by atoms with Crippen molar-refractivity contribution in [3.8, 4) is 5.82 Å². The summed E-state index contributed by atoms with van der Waals surface area (Å²) >= 11 is 0. The highest BCUT2D eigenvalue weighted by molar-refractivity contribution is 7.51. The van der Waals surface area contributed by atoms with E-state index >= 15 is 9.59 Å². The third-order valence-electron chi connectivity index (χ3n) is 15.2. The number of aryl methyl sites for hydroxylation is 1. The molecule has 0 fully saturated rings. The largest absolute Gasteiger partial charge is 0.381 e. The van der Waals surface area contributed by atoms with Crippen molar-refractivity contribution in [2.45, 2.75) is 238 Å². The molecule has 0 aliphatic rings. The molecule has 78 heavy (non-hydrogen) atoms. The number of nitrogens with one attached hydrogen (secondary N) is 1. The molecule has 4 aromatic rings. The Labute approximate surface area is 467 Å². The fourth-order valence-corrected chi connectivity index (χ4v) is 11.2. The summed E-state index contributed by atoms with van der Waals surface area (Å²) in [6.45, 7) is 7.30. The van der Waals surface area contributed by atoms with Gasteiger partial charge in [0, 0.05) is 44.7 Å². The van der Waals surface area contributed by atoms with Crippen molar-refractivity contribution < 1.29 is 28.6 Å². The normalized spacial score (nSPS) is 12.0. The van der Waals surface area contributed by atoms with Gasteiger partial charge < -0.3 is 24.0 Å². The summed E-state index contributed by atoms with van der Waals surface area (Å²) in [5, 5.41) is 0. The second kappa shape index (κ2) is 39.3. The molecular formula is C63H101N4O10P. The first-order valence-corrected chi connectivity index (χ1v) is 32.4. The summed E-state index contributed by atoms with van der Waals surface area (Å²) < 4.78 is 33.4. The summed E-state index contributed by atoms with van der Waals surface area (Å²) in [5.41, 5.74) is -2.37. The van der Waals surface area contributed by atoms with E-state index in [1.807, 2.05) is 60.7 Å². The molecule has 3 N–H and O–H groups in total. The minimum absolute atomic E-state index is 0.00542. The average Bonchev–Trinajstić information content (AvgIpc) is 3.43. The van der Waals surface area contributed by atoms with Crippen LogP contribution in [0.4, 0.5) is 0 Å². The van der Waals surface area contributed by atoms with Crippen LogP contribution in [0.3, 0.4) is 0 Å². The lowest BCUT2D eigenvalue weighted by Crippen LogP contribution is -2.50. The van der Waals surface area contributed by atoms with Gasteiger partial charge in [-0.05, 0) is 50.2 Å². The minimum Gasteiger partial charge on any atom is -0.381 e. The summed E-state index contributed by atoms with van der Waals surface area (Å²) in [6.07, 6.45) is 37.1. The zero-order valence-electron chi connectivity index (χ0n) is 48.4. The summed E-state index contributed by atoms with van der Waals surface area (Å²) in [5.74, 6) is -0.0736. The molecule has 0 saturated heterocycles. The van der Waals surface area contributed by atoms with Crippen LogP contribution in [-0.4, -0.2) is 67.9 Å². The van der Waals surface area contributed by atoms with Crippen LogP contribution in [0.1, 0.15) is 235 Å². The molecule has 0 aliphatic heterocycles. The molecule has 0 bridgehead atoms. The van der Waals surface area contributed by atoms with Crippen LogP contribution in [0.2, 0.25) is 0 Å². The van der Waals surface area contributed by atoms with Crippen LogP contribution in [0.5, 0.6) is 0 Å². The van der Waals surface area contributed by atoms with Gasteiger partial charge in [0.1, 0.15) is 12.2 Å². The number of benzene rings is 2. The molecule has 0 atom stereocenters. The third kappa shape index (κ3) is 23.9. The molecule has 0 saturated carbocycles. The second-order valence-electron chi connectivity index (χ2n) is 21.7. The predicted octanol–water partition coefficient (Wildman–Crippen LogP) is 13.8. The number of nitrogens with zero attached hydrogens (tertiary/aromatic N) is 3. The smallest absolute Gasteiger partial charge is 0.350 e. The van der Waals surface area contributed by atoms with Crippen molar-refractivity contribution in [3.05, 3.63) is 131 Å². The van der Waals surface area contributed by atoms with E-state index < -0.39 is 41.9 Å². The molecule has 2 aromatic heterocycles. The van der Waals surface area contributed by atoms with Crippen molar-refractivity contribution in [3.63, 3.8) is 0 Å². The van der Waals surface area contributed by atoms with E-state index in [9.17, 15) is 23.9 Å². The lowest BCUT2D eigenvalue weighted by molar-refractivity contribution is 0.122. The van der Waals surface area contributed by atoms with Crippen molar-refractivity contribution in [1.29, 1.82) is 0 Å². The van der Waals surface area contributed by atoms with Crippen LogP contribution in [0.25, 0.3) is 5.82 Å². The van der Waals surface area contributed by atoms with Gasteiger partial charge in [0.25, 0.3) is 11.1 Å². The standard InChI is InChI=1S/C63H101N4O10P/c1-4-6-8-10-12-14-16-18-20-22-24-26-28-36-47-75-49-38-44-63(55-40-32-30-33-41-55,56-42-34-31-35-43-56)57-59(67-52-54(3)58(68)64-61(67)70)65(46-51-77-53-78(72,73)74)62(71)66(60(57)69)45-39-50-76-48-37-29-27-25-23-21-19-17-15-13-11-9-7-5-2/h30-35,40-43,52H,4-29,36-39,44-51,53H2,1-3H3,(H,64,68,70)(H2,72,73,74). The van der Waals surface area contributed by atoms with Gasteiger partial charge >= 0.3 is 19.0 Å². The van der Waals surface area contributed by atoms with Crippen LogP contribution >= 0.6 is 7.60 Å². The van der Waals surface area contributed by atoms with E-state index in [0.717, 1.165) is 47.8 Å². The molecular weight excluding hydrogens is 1000 g/mol. The molecule has 2 heterocycles. The van der Waals surface area contributed by atoms with E-state index in [-0.39, 0.29) is 36.6 Å². The maximum absolute atomic E-state index is 15.8. The third-order valence-corrected chi connectivity index (χ3v) is 15.7. The van der Waals surface area contributed by atoms with Crippen molar-refractivity contribution >= 4 is 7.60 Å². The average molecular weight is 1110 g/mol. The molecule has 438 valence electrons. The number of rotatable bonds is 47. The molecule has 0 amide bonds. The summed E-state index contributed by atoms with van der Waals surface area (Å²) in [6, 6.07) is 19.2. The Kier molecular flexibility index (Phi) is 33.4. The van der Waals surface area contributed by atoms with Gasteiger partial charge in [-0.15, -0.1) is 0 Å². The van der Waals surface area contributed by atoms with E-state index in [2.05, 4.69) is 18.8 Å². The van der Waals surface area contributed by atoms with Crippen LogP contribution in [0.15, 0.2) is 86.0 Å². The molecule has 0 aliphatic carbocycles. The maximum Gasteiger partial charge on any atom is 0.350 e. The first kappa shape index (κ1) is 66.3. The van der Waals surface area contributed by atoms with Crippen LogP contribution in [-0.2, 0) is 37.3 Å². The molecule has 4 rings (SSSR count). The van der Waals surface area contributed by atoms with Crippen LogP contribution in [0, 0.1) is 6.92 Å². The Bertz CT molecular complexity index is 2460. The van der Waals surface area contributed by atoms with Gasteiger partial charge in [-0.25, -0.2) is 9.59 Å². The Morgan fingerprint density at radius 1 is 0.500 bits per heavy atom. The monoisotopic (exact) mass is 1100 g/mol. The number of ether oxygens (including phenoxy) is 3. The van der Waals surface area contributed by atoms with E-state index in [4.69, 9.17) is 14.2 Å². The summed E-state index contributed by atoms with van der Waals surface area (Å²) in [7, 11) is -4.59. The van der Waals surface area contributed by atoms with Crippen molar-refractivity contribution in [1.82, 2.24) is 18.7 Å².